The first kappa shape index (κ1) is 13.8. The van der Waals surface area contributed by atoms with Gasteiger partial charge in [-0.05, 0) is 31.6 Å². The van der Waals surface area contributed by atoms with Crippen LogP contribution in [0.3, 0.4) is 0 Å². The van der Waals surface area contributed by atoms with Crippen LogP contribution in [0.2, 0.25) is 0 Å². The summed E-state index contributed by atoms with van der Waals surface area (Å²) in [7, 11) is 0. The van der Waals surface area contributed by atoms with Gasteiger partial charge in [0.1, 0.15) is 6.04 Å². The molecule has 0 saturated heterocycles. The van der Waals surface area contributed by atoms with E-state index in [2.05, 4.69) is 10.6 Å². The summed E-state index contributed by atoms with van der Waals surface area (Å²) in [5.41, 5.74) is -0.107. The number of carbonyl (C=O) groups excluding carboxylic acids is 1. The monoisotopic (exact) mass is 242 g/mol. The minimum absolute atomic E-state index is 0.107. The molecule has 1 aliphatic carbocycles. The number of carboxylic acid groups (broad SMARTS) is 1. The summed E-state index contributed by atoms with van der Waals surface area (Å²) in [5.74, 6) is -1.12. The Balaban J connectivity index is 2.50. The van der Waals surface area contributed by atoms with Crippen LogP contribution in [0.25, 0.3) is 0 Å². The molecule has 17 heavy (non-hydrogen) atoms. The number of carbonyl (C=O) groups is 2. The van der Waals surface area contributed by atoms with Gasteiger partial charge in [-0.25, -0.2) is 9.59 Å². The first-order chi connectivity index (χ1) is 7.90. The number of rotatable bonds is 5. The van der Waals surface area contributed by atoms with E-state index in [1.165, 1.54) is 0 Å². The summed E-state index contributed by atoms with van der Waals surface area (Å²) in [5, 5.41) is 14.4. The van der Waals surface area contributed by atoms with E-state index in [0.29, 0.717) is 0 Å². The highest BCUT2D eigenvalue weighted by Crippen LogP contribution is 2.34. The maximum Gasteiger partial charge on any atom is 0.326 e. The van der Waals surface area contributed by atoms with Gasteiger partial charge in [0.15, 0.2) is 0 Å². The lowest BCUT2D eigenvalue weighted by atomic mass is 9.75. The molecular weight excluding hydrogens is 220 g/mol. The van der Waals surface area contributed by atoms with E-state index in [1.54, 1.807) is 13.8 Å². The average molecular weight is 242 g/mol. The Labute approximate surface area is 102 Å². The summed E-state index contributed by atoms with van der Waals surface area (Å²) < 4.78 is 0. The fraction of sp³-hybridized carbons (Fsp3) is 0.833. The van der Waals surface area contributed by atoms with Crippen molar-refractivity contribution < 1.29 is 14.7 Å². The lowest BCUT2D eigenvalue weighted by Gasteiger charge is -2.42. The van der Waals surface area contributed by atoms with Crippen molar-refractivity contribution in [2.45, 2.75) is 58.0 Å². The van der Waals surface area contributed by atoms with Gasteiger partial charge >= 0.3 is 12.0 Å². The van der Waals surface area contributed by atoms with Gasteiger partial charge in [-0.2, -0.15) is 0 Å². The zero-order chi connectivity index (χ0) is 13.1. The molecule has 5 nitrogen and oxygen atoms in total. The van der Waals surface area contributed by atoms with Crippen molar-refractivity contribution in [1.82, 2.24) is 10.6 Å². The lowest BCUT2D eigenvalue weighted by molar-refractivity contribution is -0.140. The molecule has 5 heteroatoms. The van der Waals surface area contributed by atoms with Gasteiger partial charge in [-0.15, -0.1) is 0 Å². The fourth-order valence-corrected chi connectivity index (χ4v) is 2.10. The van der Waals surface area contributed by atoms with E-state index < -0.39 is 12.0 Å². The number of amides is 2. The van der Waals surface area contributed by atoms with Gasteiger partial charge in [0.05, 0.1) is 0 Å². The molecule has 0 unspecified atom stereocenters. The molecule has 0 radical (unpaired) electrons. The van der Waals surface area contributed by atoms with Crippen molar-refractivity contribution in [1.29, 1.82) is 0 Å². The number of urea groups is 1. The summed E-state index contributed by atoms with van der Waals surface area (Å²) in [6.07, 6.45) is 3.98. The van der Waals surface area contributed by atoms with Gasteiger partial charge in [0.2, 0.25) is 0 Å². The highest BCUT2D eigenvalue weighted by Gasteiger charge is 2.37. The molecule has 98 valence electrons. The van der Waals surface area contributed by atoms with Crippen LogP contribution < -0.4 is 10.6 Å². The number of carboxylic acids is 1. The van der Waals surface area contributed by atoms with Crippen LogP contribution in [0.4, 0.5) is 4.79 Å². The maximum absolute atomic E-state index is 11.7. The minimum Gasteiger partial charge on any atom is -0.480 e. The Morgan fingerprint density at radius 3 is 2.24 bits per heavy atom. The molecule has 0 aromatic carbocycles. The van der Waals surface area contributed by atoms with E-state index in [-0.39, 0.29) is 17.5 Å². The molecule has 0 spiro atoms. The first-order valence-corrected chi connectivity index (χ1v) is 6.22. The van der Waals surface area contributed by atoms with Crippen LogP contribution in [0.5, 0.6) is 0 Å². The van der Waals surface area contributed by atoms with Gasteiger partial charge in [0.25, 0.3) is 0 Å². The van der Waals surface area contributed by atoms with E-state index >= 15 is 0 Å². The van der Waals surface area contributed by atoms with Crippen LogP contribution in [0.1, 0.15) is 46.5 Å². The van der Waals surface area contributed by atoms with Crippen LogP contribution >= 0.6 is 0 Å². The summed E-state index contributed by atoms with van der Waals surface area (Å²) >= 11 is 0. The third kappa shape index (κ3) is 3.35. The van der Waals surface area contributed by atoms with Crippen molar-refractivity contribution >= 4 is 12.0 Å². The molecule has 0 aliphatic heterocycles. The Bertz CT molecular complexity index is 293. The van der Waals surface area contributed by atoms with E-state index in [0.717, 1.165) is 25.7 Å². The smallest absolute Gasteiger partial charge is 0.326 e. The Morgan fingerprint density at radius 1 is 1.35 bits per heavy atom. The van der Waals surface area contributed by atoms with Crippen molar-refractivity contribution in [2.24, 2.45) is 5.92 Å². The van der Waals surface area contributed by atoms with Crippen molar-refractivity contribution in [3.63, 3.8) is 0 Å². The van der Waals surface area contributed by atoms with Gasteiger partial charge in [0, 0.05) is 5.54 Å². The molecule has 0 bridgehead atoms. The zero-order valence-corrected chi connectivity index (χ0v) is 10.7. The Kier molecular flexibility index (Phi) is 4.37. The highest BCUT2D eigenvalue weighted by molar-refractivity contribution is 5.83. The van der Waals surface area contributed by atoms with Gasteiger partial charge in [-0.3, -0.25) is 0 Å². The third-order valence-corrected chi connectivity index (χ3v) is 3.59. The second kappa shape index (κ2) is 5.38. The average Bonchev–Trinajstić information content (AvgIpc) is 2.19. The molecule has 1 fully saturated rings. The number of hydrogen-bond acceptors (Lipinski definition) is 2. The largest absolute Gasteiger partial charge is 0.480 e. The normalized spacial score (nSPS) is 19.3. The van der Waals surface area contributed by atoms with Crippen LogP contribution in [-0.4, -0.2) is 28.7 Å². The van der Waals surface area contributed by atoms with E-state index in [9.17, 15) is 9.59 Å². The maximum atomic E-state index is 11.7. The van der Waals surface area contributed by atoms with Gasteiger partial charge < -0.3 is 15.7 Å². The molecule has 0 heterocycles. The topological polar surface area (TPSA) is 78.4 Å². The molecule has 1 saturated carbocycles. The molecule has 0 aromatic heterocycles. The predicted molar refractivity (Wildman–Crippen MR) is 64.8 cm³/mol. The second-order valence-electron chi connectivity index (χ2n) is 5.15. The summed E-state index contributed by atoms with van der Waals surface area (Å²) in [6, 6.07) is -1.20. The van der Waals surface area contributed by atoms with Crippen LogP contribution in [0, 0.1) is 5.92 Å². The molecule has 1 atom stereocenters. The lowest BCUT2D eigenvalue weighted by Crippen LogP contribution is -2.58. The SMILES string of the molecule is CCC1(NC(=O)N[C@H](C(=O)O)C(C)C)CCC1. The molecule has 1 aliphatic rings. The van der Waals surface area contributed by atoms with Crippen molar-refractivity contribution in [3.8, 4) is 0 Å². The number of hydrogen-bond donors (Lipinski definition) is 3. The first-order valence-electron chi connectivity index (χ1n) is 6.22. The molecule has 0 aromatic rings. The minimum atomic E-state index is -0.991. The molecule has 3 N–H and O–H groups in total. The fourth-order valence-electron chi connectivity index (χ4n) is 2.10. The van der Waals surface area contributed by atoms with Gasteiger partial charge in [-0.1, -0.05) is 20.8 Å². The van der Waals surface area contributed by atoms with E-state index in [4.69, 9.17) is 5.11 Å². The van der Waals surface area contributed by atoms with Crippen LogP contribution in [0.15, 0.2) is 0 Å². The summed E-state index contributed by atoms with van der Waals surface area (Å²) in [6.45, 7) is 5.59. The van der Waals surface area contributed by atoms with Crippen molar-refractivity contribution in [3.05, 3.63) is 0 Å². The quantitative estimate of drug-likeness (QED) is 0.687. The number of aliphatic carboxylic acids is 1. The van der Waals surface area contributed by atoms with E-state index in [1.807, 2.05) is 6.92 Å². The highest BCUT2D eigenvalue weighted by atomic mass is 16.4. The molecule has 2 amide bonds. The van der Waals surface area contributed by atoms with Crippen molar-refractivity contribution in [2.75, 3.05) is 0 Å². The zero-order valence-electron chi connectivity index (χ0n) is 10.7. The molecular formula is C12H22N2O3. The molecule has 1 rings (SSSR count). The Morgan fingerprint density at radius 2 is 1.94 bits per heavy atom. The Hall–Kier alpha value is -1.26. The second-order valence-corrected chi connectivity index (χ2v) is 5.15. The number of nitrogens with one attached hydrogen (secondary N) is 2. The summed E-state index contributed by atoms with van der Waals surface area (Å²) in [4.78, 5) is 22.7. The standard InChI is InChI=1S/C12H22N2O3/c1-4-12(6-5-7-12)14-11(17)13-9(8(2)3)10(15)16/h8-9H,4-7H2,1-3H3,(H,15,16)(H2,13,14,17)/t9-/m0/s1. The van der Waals surface area contributed by atoms with Crippen LogP contribution in [-0.2, 0) is 4.79 Å². The third-order valence-electron chi connectivity index (χ3n) is 3.59. The predicted octanol–water partition coefficient (Wildman–Crippen LogP) is 1.73.